The van der Waals surface area contributed by atoms with Gasteiger partial charge in [0.2, 0.25) is 0 Å². The van der Waals surface area contributed by atoms with Gasteiger partial charge in [-0.05, 0) is 38.5 Å². The molecule has 5 heteroatoms. The SMILES string of the molecule is Cc1nc(C2CCCC2)sc1C(=O)N1CCCC(C)C1CO. The number of thiazole rings is 1. The molecule has 22 heavy (non-hydrogen) atoms. The molecule has 2 atom stereocenters. The van der Waals surface area contributed by atoms with Crippen LogP contribution in [0.4, 0.5) is 0 Å². The summed E-state index contributed by atoms with van der Waals surface area (Å²) in [7, 11) is 0. The van der Waals surface area contributed by atoms with Crippen molar-refractivity contribution < 1.29 is 9.90 Å². The highest BCUT2D eigenvalue weighted by molar-refractivity contribution is 7.13. The van der Waals surface area contributed by atoms with Gasteiger partial charge < -0.3 is 10.0 Å². The number of nitrogens with zero attached hydrogens (tertiary/aromatic N) is 2. The topological polar surface area (TPSA) is 53.4 Å². The lowest BCUT2D eigenvalue weighted by Gasteiger charge is -2.38. The Balaban J connectivity index is 1.82. The lowest BCUT2D eigenvalue weighted by molar-refractivity contribution is 0.0362. The van der Waals surface area contributed by atoms with Crippen molar-refractivity contribution >= 4 is 17.2 Å². The fraction of sp³-hybridized carbons (Fsp3) is 0.765. The third kappa shape index (κ3) is 2.93. The molecule has 1 N–H and O–H groups in total. The number of aromatic nitrogens is 1. The number of hydrogen-bond acceptors (Lipinski definition) is 4. The summed E-state index contributed by atoms with van der Waals surface area (Å²) in [5, 5.41) is 10.8. The molecule has 1 saturated heterocycles. The molecule has 0 bridgehead atoms. The highest BCUT2D eigenvalue weighted by atomic mass is 32.1. The van der Waals surface area contributed by atoms with E-state index in [0.29, 0.717) is 11.8 Å². The quantitative estimate of drug-likeness (QED) is 0.928. The highest BCUT2D eigenvalue weighted by Gasteiger charge is 2.34. The number of piperidine rings is 1. The second-order valence-electron chi connectivity index (χ2n) is 6.82. The summed E-state index contributed by atoms with van der Waals surface area (Å²) in [6, 6.07) is -0.0438. The Morgan fingerprint density at radius 2 is 2.05 bits per heavy atom. The Labute approximate surface area is 136 Å². The van der Waals surface area contributed by atoms with Crippen LogP contribution >= 0.6 is 11.3 Å². The van der Waals surface area contributed by atoms with Gasteiger partial charge in [0, 0.05) is 12.5 Å². The van der Waals surface area contributed by atoms with E-state index in [0.717, 1.165) is 35.0 Å². The number of aryl methyl sites for hydroxylation is 1. The zero-order valence-corrected chi connectivity index (χ0v) is 14.4. The van der Waals surface area contributed by atoms with Crippen LogP contribution in [0.5, 0.6) is 0 Å². The van der Waals surface area contributed by atoms with Crippen molar-refractivity contribution in [2.24, 2.45) is 5.92 Å². The summed E-state index contributed by atoms with van der Waals surface area (Å²) in [5.41, 5.74) is 0.867. The molecule has 0 spiro atoms. The molecule has 2 aliphatic rings. The van der Waals surface area contributed by atoms with Gasteiger partial charge in [-0.2, -0.15) is 0 Å². The molecule has 1 amide bonds. The largest absolute Gasteiger partial charge is 0.394 e. The van der Waals surface area contributed by atoms with Gasteiger partial charge in [0.1, 0.15) is 4.88 Å². The smallest absolute Gasteiger partial charge is 0.266 e. The summed E-state index contributed by atoms with van der Waals surface area (Å²) in [5.74, 6) is 0.995. The second kappa shape index (κ2) is 6.67. The van der Waals surface area contributed by atoms with Gasteiger partial charge in [-0.3, -0.25) is 4.79 Å². The van der Waals surface area contributed by atoms with Gasteiger partial charge in [-0.25, -0.2) is 4.98 Å². The van der Waals surface area contributed by atoms with Crippen LogP contribution in [0.2, 0.25) is 0 Å². The number of likely N-dealkylation sites (tertiary alicyclic amines) is 1. The highest BCUT2D eigenvalue weighted by Crippen LogP contribution is 2.38. The molecule has 0 radical (unpaired) electrons. The van der Waals surface area contributed by atoms with Gasteiger partial charge in [0.15, 0.2) is 0 Å². The number of hydrogen-bond donors (Lipinski definition) is 1. The minimum Gasteiger partial charge on any atom is -0.394 e. The van der Waals surface area contributed by atoms with Crippen molar-refractivity contribution in [1.82, 2.24) is 9.88 Å². The van der Waals surface area contributed by atoms with E-state index in [2.05, 4.69) is 11.9 Å². The first-order chi connectivity index (χ1) is 10.6. The summed E-state index contributed by atoms with van der Waals surface area (Å²) < 4.78 is 0. The van der Waals surface area contributed by atoms with E-state index in [1.807, 2.05) is 11.8 Å². The molecule has 3 rings (SSSR count). The number of amides is 1. The predicted octanol–water partition coefficient (Wildman–Crippen LogP) is 3.34. The molecule has 1 aliphatic heterocycles. The Morgan fingerprint density at radius 1 is 1.32 bits per heavy atom. The van der Waals surface area contributed by atoms with Crippen molar-refractivity contribution in [2.75, 3.05) is 13.2 Å². The van der Waals surface area contributed by atoms with Crippen molar-refractivity contribution in [3.8, 4) is 0 Å². The van der Waals surface area contributed by atoms with E-state index in [9.17, 15) is 9.90 Å². The molecule has 4 nitrogen and oxygen atoms in total. The lowest BCUT2D eigenvalue weighted by Crippen LogP contribution is -2.49. The molecule has 1 saturated carbocycles. The number of aliphatic hydroxyl groups is 1. The maximum absolute atomic E-state index is 12.9. The summed E-state index contributed by atoms with van der Waals surface area (Å²) in [6.45, 7) is 4.89. The average Bonchev–Trinajstić information content (AvgIpc) is 3.15. The number of carbonyl (C=O) groups is 1. The van der Waals surface area contributed by atoms with Crippen LogP contribution in [0.25, 0.3) is 0 Å². The predicted molar refractivity (Wildman–Crippen MR) is 88.4 cm³/mol. The standard InChI is InChI=1S/C17H26N2O2S/c1-11-6-5-9-19(14(11)10-20)17(21)15-12(2)18-16(22-15)13-7-3-4-8-13/h11,13-14,20H,3-10H2,1-2H3. The molecule has 0 aromatic carbocycles. The van der Waals surface area contributed by atoms with Crippen LogP contribution in [-0.4, -0.2) is 40.1 Å². The average molecular weight is 322 g/mol. The molecule has 2 unspecified atom stereocenters. The van der Waals surface area contributed by atoms with Crippen LogP contribution in [0.1, 0.15) is 71.7 Å². The van der Waals surface area contributed by atoms with Gasteiger partial charge in [-0.15, -0.1) is 11.3 Å². The Bertz CT molecular complexity index is 537. The van der Waals surface area contributed by atoms with E-state index in [1.165, 1.54) is 25.7 Å². The monoisotopic (exact) mass is 322 g/mol. The lowest BCUT2D eigenvalue weighted by atomic mass is 9.91. The molecule has 2 heterocycles. The Morgan fingerprint density at radius 3 is 2.73 bits per heavy atom. The van der Waals surface area contributed by atoms with Crippen LogP contribution in [0.3, 0.4) is 0 Å². The molecule has 1 aromatic heterocycles. The van der Waals surface area contributed by atoms with E-state index < -0.39 is 0 Å². The van der Waals surface area contributed by atoms with Gasteiger partial charge in [0.25, 0.3) is 5.91 Å². The van der Waals surface area contributed by atoms with Crippen molar-refractivity contribution in [1.29, 1.82) is 0 Å². The zero-order valence-electron chi connectivity index (χ0n) is 13.5. The first kappa shape index (κ1) is 15.9. The molecule has 1 aliphatic carbocycles. The Kier molecular flexibility index (Phi) is 4.83. The van der Waals surface area contributed by atoms with E-state index in [1.54, 1.807) is 11.3 Å². The van der Waals surface area contributed by atoms with Crippen molar-refractivity contribution in [3.63, 3.8) is 0 Å². The normalized spacial score (nSPS) is 26.6. The minimum absolute atomic E-state index is 0.0438. The Hall–Kier alpha value is -0.940. The van der Waals surface area contributed by atoms with Gasteiger partial charge >= 0.3 is 0 Å². The van der Waals surface area contributed by atoms with Gasteiger partial charge in [0.05, 0.1) is 23.4 Å². The second-order valence-corrected chi connectivity index (χ2v) is 7.85. The molecular weight excluding hydrogens is 296 g/mol. The molecule has 1 aromatic rings. The van der Waals surface area contributed by atoms with E-state index >= 15 is 0 Å². The summed E-state index contributed by atoms with van der Waals surface area (Å²) >= 11 is 1.59. The van der Waals surface area contributed by atoms with Crippen LogP contribution in [0, 0.1) is 12.8 Å². The van der Waals surface area contributed by atoms with Crippen LogP contribution in [-0.2, 0) is 0 Å². The number of carbonyl (C=O) groups excluding carboxylic acids is 1. The fourth-order valence-electron chi connectivity index (χ4n) is 3.87. The van der Waals surface area contributed by atoms with Gasteiger partial charge in [-0.1, -0.05) is 19.8 Å². The summed E-state index contributed by atoms with van der Waals surface area (Å²) in [6.07, 6.45) is 7.09. The molecule has 2 fully saturated rings. The first-order valence-electron chi connectivity index (χ1n) is 8.51. The third-order valence-electron chi connectivity index (χ3n) is 5.28. The van der Waals surface area contributed by atoms with Crippen LogP contribution in [0.15, 0.2) is 0 Å². The fourth-order valence-corrected chi connectivity index (χ4v) is 5.07. The maximum Gasteiger partial charge on any atom is 0.266 e. The third-order valence-corrected chi connectivity index (χ3v) is 6.58. The maximum atomic E-state index is 12.9. The zero-order chi connectivity index (χ0) is 15.7. The number of aliphatic hydroxyl groups excluding tert-OH is 1. The first-order valence-corrected chi connectivity index (χ1v) is 9.32. The number of rotatable bonds is 3. The summed E-state index contributed by atoms with van der Waals surface area (Å²) in [4.78, 5) is 20.3. The minimum atomic E-state index is -0.0438. The van der Waals surface area contributed by atoms with Crippen LogP contribution < -0.4 is 0 Å². The van der Waals surface area contributed by atoms with E-state index in [4.69, 9.17) is 0 Å². The van der Waals surface area contributed by atoms with Crippen molar-refractivity contribution in [2.45, 2.75) is 64.3 Å². The van der Waals surface area contributed by atoms with E-state index in [-0.39, 0.29) is 18.6 Å². The molecule has 122 valence electrons. The van der Waals surface area contributed by atoms with Crippen molar-refractivity contribution in [3.05, 3.63) is 15.6 Å². The molecular formula is C17H26N2O2S.